The summed E-state index contributed by atoms with van der Waals surface area (Å²) in [6.07, 6.45) is 18.7. The molecular weight excluding hydrogens is 426 g/mol. The fourth-order valence-corrected chi connectivity index (χ4v) is 6.51. The number of benzene rings is 1. The first-order valence-corrected chi connectivity index (χ1v) is 14.6. The van der Waals surface area contributed by atoms with Crippen molar-refractivity contribution in [2.24, 2.45) is 17.8 Å². The van der Waals surface area contributed by atoms with E-state index in [1.54, 1.807) is 0 Å². The van der Waals surface area contributed by atoms with Crippen LogP contribution in [-0.4, -0.2) is 12.5 Å². The van der Waals surface area contributed by atoms with Crippen molar-refractivity contribution in [3.63, 3.8) is 0 Å². The molecule has 0 N–H and O–H groups in total. The zero-order chi connectivity index (χ0) is 24.2. The van der Waals surface area contributed by atoms with Crippen LogP contribution in [0.4, 0.5) is 8.78 Å². The molecular formula is C31H50F2O. The lowest BCUT2D eigenvalue weighted by molar-refractivity contribution is -0.118. The van der Waals surface area contributed by atoms with E-state index in [1.165, 1.54) is 70.6 Å². The van der Waals surface area contributed by atoms with Gasteiger partial charge in [-0.25, -0.2) is 8.78 Å². The molecule has 194 valence electrons. The van der Waals surface area contributed by atoms with Gasteiger partial charge < -0.3 is 4.74 Å². The van der Waals surface area contributed by atoms with Crippen LogP contribution in [0.2, 0.25) is 0 Å². The summed E-state index contributed by atoms with van der Waals surface area (Å²) in [5, 5.41) is 0. The first-order chi connectivity index (χ1) is 16.5. The molecule has 0 amide bonds. The zero-order valence-corrected chi connectivity index (χ0v) is 22.0. The normalized spacial score (nSPS) is 26.9. The highest BCUT2D eigenvalue weighted by atomic mass is 19.3. The molecule has 1 aromatic carbocycles. The van der Waals surface area contributed by atoms with Crippen LogP contribution in [0, 0.1) is 17.8 Å². The van der Waals surface area contributed by atoms with E-state index in [1.807, 2.05) is 24.3 Å². The maximum Gasteiger partial charge on any atom is 0.251 e. The molecule has 1 nitrogen and oxygen atoms in total. The van der Waals surface area contributed by atoms with Crippen molar-refractivity contribution < 1.29 is 13.5 Å². The van der Waals surface area contributed by atoms with Gasteiger partial charge in [0.05, 0.1) is 6.61 Å². The van der Waals surface area contributed by atoms with Crippen molar-refractivity contribution in [1.29, 1.82) is 0 Å². The molecule has 3 heteroatoms. The van der Waals surface area contributed by atoms with E-state index in [-0.39, 0.29) is 18.3 Å². The Hall–Kier alpha value is -1.12. The molecule has 2 aliphatic carbocycles. The first-order valence-electron chi connectivity index (χ1n) is 14.6. The molecule has 0 saturated heterocycles. The second-order valence-corrected chi connectivity index (χ2v) is 11.3. The summed E-state index contributed by atoms with van der Waals surface area (Å²) in [6.45, 7) is 5.23. The van der Waals surface area contributed by atoms with Crippen LogP contribution in [0.15, 0.2) is 24.3 Å². The van der Waals surface area contributed by atoms with Crippen molar-refractivity contribution in [2.75, 3.05) is 6.61 Å². The van der Waals surface area contributed by atoms with Crippen molar-refractivity contribution in [1.82, 2.24) is 0 Å². The average Bonchev–Trinajstić information content (AvgIpc) is 2.84. The minimum Gasteiger partial charge on any atom is -0.494 e. The number of halogens is 2. The van der Waals surface area contributed by atoms with Crippen LogP contribution in [0.5, 0.6) is 5.75 Å². The number of alkyl halides is 2. The summed E-state index contributed by atoms with van der Waals surface area (Å²) in [5.74, 6) is -1.07. The zero-order valence-electron chi connectivity index (χ0n) is 22.0. The van der Waals surface area contributed by atoms with E-state index >= 15 is 8.78 Å². The summed E-state index contributed by atoms with van der Waals surface area (Å²) in [5.41, 5.74) is 1.06. The fourth-order valence-electron chi connectivity index (χ4n) is 6.51. The lowest BCUT2D eigenvalue weighted by Gasteiger charge is -2.42. The van der Waals surface area contributed by atoms with Crippen LogP contribution in [0.3, 0.4) is 0 Å². The maximum atomic E-state index is 15.3. The van der Waals surface area contributed by atoms with E-state index in [4.69, 9.17) is 4.74 Å². The Bertz CT molecular complexity index is 663. The van der Waals surface area contributed by atoms with E-state index < -0.39 is 11.8 Å². The SMILES string of the molecule is CCCCCCCCOc1ccc([C@H]2CC[C@H](C3CCC(CCCCC)CC3)C(F)(F)C2)cc1. The molecule has 2 atom stereocenters. The van der Waals surface area contributed by atoms with Gasteiger partial charge >= 0.3 is 0 Å². The Morgan fingerprint density at radius 2 is 1.41 bits per heavy atom. The molecule has 0 bridgehead atoms. The Labute approximate surface area is 208 Å². The topological polar surface area (TPSA) is 9.23 Å². The summed E-state index contributed by atoms with van der Waals surface area (Å²) < 4.78 is 36.5. The standard InChI is InChI=1S/C31H50F2O/c1-3-5-7-8-9-11-23-34-29-20-17-26(18-21-29)28-19-22-30(31(32,33)24-28)27-15-13-25(14-16-27)12-10-6-4-2/h17-18,20-21,25,27-28,30H,3-16,19,22-24H2,1-2H3/t25?,27?,28-,30+/m0/s1. The van der Waals surface area contributed by atoms with Gasteiger partial charge in [-0.05, 0) is 67.6 Å². The Morgan fingerprint density at radius 3 is 2.09 bits per heavy atom. The van der Waals surface area contributed by atoms with Gasteiger partial charge in [0, 0.05) is 12.3 Å². The number of hydrogen-bond acceptors (Lipinski definition) is 1. The van der Waals surface area contributed by atoms with E-state index in [0.29, 0.717) is 6.42 Å². The number of rotatable bonds is 14. The monoisotopic (exact) mass is 476 g/mol. The lowest BCUT2D eigenvalue weighted by Crippen LogP contribution is -2.40. The summed E-state index contributed by atoms with van der Waals surface area (Å²) >= 11 is 0. The van der Waals surface area contributed by atoms with E-state index in [9.17, 15) is 0 Å². The molecule has 1 aromatic rings. The predicted molar refractivity (Wildman–Crippen MR) is 140 cm³/mol. The Morgan fingerprint density at radius 1 is 0.765 bits per heavy atom. The molecule has 0 radical (unpaired) electrons. The number of ether oxygens (including phenoxy) is 1. The van der Waals surface area contributed by atoms with Crippen molar-refractivity contribution in [2.45, 2.75) is 135 Å². The Balaban J connectivity index is 1.41. The minimum absolute atomic E-state index is 0.0199. The fraction of sp³-hybridized carbons (Fsp3) is 0.806. The predicted octanol–water partition coefficient (Wildman–Crippen LogP) is 10.3. The van der Waals surface area contributed by atoms with Gasteiger partial charge in [0.2, 0.25) is 0 Å². The summed E-state index contributed by atoms with van der Waals surface area (Å²) in [6, 6.07) is 8.02. The van der Waals surface area contributed by atoms with Crippen molar-refractivity contribution in [3.05, 3.63) is 29.8 Å². The molecule has 2 fully saturated rings. The van der Waals surface area contributed by atoms with Gasteiger partial charge in [-0.3, -0.25) is 0 Å². The van der Waals surface area contributed by atoms with Gasteiger partial charge in [-0.2, -0.15) is 0 Å². The van der Waals surface area contributed by atoms with Crippen LogP contribution in [0.1, 0.15) is 134 Å². The highest BCUT2D eigenvalue weighted by Crippen LogP contribution is 2.51. The van der Waals surface area contributed by atoms with Crippen LogP contribution in [0.25, 0.3) is 0 Å². The van der Waals surface area contributed by atoms with E-state index in [0.717, 1.165) is 49.5 Å². The van der Waals surface area contributed by atoms with Crippen molar-refractivity contribution in [3.8, 4) is 5.75 Å². The number of hydrogen-bond donors (Lipinski definition) is 0. The van der Waals surface area contributed by atoms with Crippen LogP contribution in [-0.2, 0) is 0 Å². The molecule has 0 spiro atoms. The largest absolute Gasteiger partial charge is 0.494 e. The maximum absolute atomic E-state index is 15.3. The summed E-state index contributed by atoms with van der Waals surface area (Å²) in [4.78, 5) is 0. The van der Waals surface area contributed by atoms with Gasteiger partial charge in [-0.1, -0.05) is 96.6 Å². The lowest BCUT2D eigenvalue weighted by atomic mass is 9.66. The summed E-state index contributed by atoms with van der Waals surface area (Å²) in [7, 11) is 0. The van der Waals surface area contributed by atoms with Crippen molar-refractivity contribution >= 4 is 0 Å². The van der Waals surface area contributed by atoms with Gasteiger partial charge in [0.15, 0.2) is 0 Å². The average molecular weight is 477 g/mol. The highest BCUT2D eigenvalue weighted by molar-refractivity contribution is 5.30. The van der Waals surface area contributed by atoms with Gasteiger partial charge in [0.25, 0.3) is 5.92 Å². The number of unbranched alkanes of at least 4 members (excludes halogenated alkanes) is 7. The van der Waals surface area contributed by atoms with Crippen LogP contribution >= 0.6 is 0 Å². The van der Waals surface area contributed by atoms with Crippen LogP contribution < -0.4 is 4.74 Å². The van der Waals surface area contributed by atoms with Gasteiger partial charge in [-0.15, -0.1) is 0 Å². The molecule has 3 rings (SSSR count). The second-order valence-electron chi connectivity index (χ2n) is 11.3. The van der Waals surface area contributed by atoms with E-state index in [2.05, 4.69) is 13.8 Å². The molecule has 34 heavy (non-hydrogen) atoms. The molecule has 2 saturated carbocycles. The quantitative estimate of drug-likeness (QED) is 0.243. The third-order valence-electron chi connectivity index (χ3n) is 8.68. The molecule has 0 aliphatic heterocycles. The minimum atomic E-state index is -2.53. The smallest absolute Gasteiger partial charge is 0.251 e. The highest BCUT2D eigenvalue weighted by Gasteiger charge is 2.49. The Kier molecular flexibility index (Phi) is 11.7. The molecule has 0 unspecified atom stereocenters. The van der Waals surface area contributed by atoms with Gasteiger partial charge in [0.1, 0.15) is 5.75 Å². The first kappa shape index (κ1) is 27.5. The second kappa shape index (κ2) is 14.4. The third kappa shape index (κ3) is 8.52. The molecule has 2 aliphatic rings. The molecule has 0 aromatic heterocycles. The third-order valence-corrected chi connectivity index (χ3v) is 8.68. The molecule has 0 heterocycles.